The van der Waals surface area contributed by atoms with Crippen molar-refractivity contribution in [3.63, 3.8) is 0 Å². The molecule has 8 nitrogen and oxygen atoms in total. The van der Waals surface area contributed by atoms with Crippen molar-refractivity contribution in [2.75, 3.05) is 14.2 Å². The number of aromatic nitrogens is 4. The predicted molar refractivity (Wildman–Crippen MR) is 115 cm³/mol. The van der Waals surface area contributed by atoms with Crippen LogP contribution in [0.25, 0.3) is 22.6 Å². The molecule has 0 aliphatic heterocycles. The normalized spacial score (nSPS) is 10.8. The third-order valence-corrected chi connectivity index (χ3v) is 4.86. The van der Waals surface area contributed by atoms with Gasteiger partial charge in [-0.2, -0.15) is 10.1 Å². The van der Waals surface area contributed by atoms with Crippen LogP contribution in [-0.4, -0.2) is 34.1 Å². The van der Waals surface area contributed by atoms with E-state index in [0.29, 0.717) is 41.9 Å². The summed E-state index contributed by atoms with van der Waals surface area (Å²) in [5.41, 5.74) is 3.15. The van der Waals surface area contributed by atoms with Gasteiger partial charge in [-0.15, -0.1) is 0 Å². The van der Waals surface area contributed by atoms with Crippen LogP contribution in [-0.2, 0) is 13.0 Å². The number of rotatable bonds is 7. The highest BCUT2D eigenvalue weighted by Gasteiger charge is 2.13. The zero-order valence-corrected chi connectivity index (χ0v) is 17.5. The molecular weight excluding hydrogens is 396 g/mol. The summed E-state index contributed by atoms with van der Waals surface area (Å²) in [4.78, 5) is 16.8. The Balaban J connectivity index is 1.55. The van der Waals surface area contributed by atoms with Crippen LogP contribution in [0.2, 0.25) is 0 Å². The van der Waals surface area contributed by atoms with E-state index < -0.39 is 0 Å². The average Bonchev–Trinajstić information content (AvgIpc) is 3.27. The van der Waals surface area contributed by atoms with E-state index in [4.69, 9.17) is 14.0 Å². The van der Waals surface area contributed by atoms with Crippen LogP contribution < -0.4 is 15.0 Å². The summed E-state index contributed by atoms with van der Waals surface area (Å²) in [5, 5.41) is 8.53. The van der Waals surface area contributed by atoms with Gasteiger partial charge in [-0.25, -0.2) is 4.68 Å². The highest BCUT2D eigenvalue weighted by molar-refractivity contribution is 5.68. The van der Waals surface area contributed by atoms with Crippen molar-refractivity contribution in [2.24, 2.45) is 0 Å². The topological polar surface area (TPSA) is 92.3 Å². The standard InChI is InChI=1S/C23H22N4O4/c1-15-4-6-16(7-5-15)23-24-21(31-26-23)12-13-27-22(28)11-9-19(25-27)18-14-17(29-2)8-10-20(18)30-3/h4-11,14H,12-13H2,1-3H3. The lowest BCUT2D eigenvalue weighted by molar-refractivity contribution is 0.367. The lowest BCUT2D eigenvalue weighted by atomic mass is 10.1. The van der Waals surface area contributed by atoms with Crippen LogP contribution in [0.5, 0.6) is 11.5 Å². The molecule has 158 valence electrons. The van der Waals surface area contributed by atoms with Crippen molar-refractivity contribution < 1.29 is 14.0 Å². The number of methoxy groups -OCH3 is 2. The van der Waals surface area contributed by atoms with Crippen LogP contribution in [0.3, 0.4) is 0 Å². The van der Waals surface area contributed by atoms with E-state index in [9.17, 15) is 4.79 Å². The predicted octanol–water partition coefficient (Wildman–Crippen LogP) is 3.53. The fourth-order valence-electron chi connectivity index (χ4n) is 3.14. The molecule has 8 heteroatoms. The van der Waals surface area contributed by atoms with Crippen LogP contribution in [0.4, 0.5) is 0 Å². The highest BCUT2D eigenvalue weighted by Crippen LogP contribution is 2.31. The summed E-state index contributed by atoms with van der Waals surface area (Å²) < 4.78 is 17.5. The lowest BCUT2D eigenvalue weighted by Crippen LogP contribution is -2.23. The molecule has 0 N–H and O–H groups in total. The molecule has 0 fully saturated rings. The van der Waals surface area contributed by atoms with Crippen molar-refractivity contribution in [3.05, 3.63) is 76.4 Å². The van der Waals surface area contributed by atoms with E-state index in [0.717, 1.165) is 16.7 Å². The molecule has 2 aromatic heterocycles. The Kier molecular flexibility index (Phi) is 5.79. The maximum absolute atomic E-state index is 12.3. The molecule has 0 unspecified atom stereocenters. The molecule has 0 radical (unpaired) electrons. The van der Waals surface area contributed by atoms with Gasteiger partial charge in [-0.3, -0.25) is 4.79 Å². The third-order valence-electron chi connectivity index (χ3n) is 4.86. The Morgan fingerprint density at radius 3 is 2.55 bits per heavy atom. The average molecular weight is 418 g/mol. The van der Waals surface area contributed by atoms with Gasteiger partial charge in [0.2, 0.25) is 11.7 Å². The van der Waals surface area contributed by atoms with Gasteiger partial charge in [0.1, 0.15) is 11.5 Å². The molecule has 0 spiro atoms. The van der Waals surface area contributed by atoms with Crippen LogP contribution in [0, 0.1) is 6.92 Å². The summed E-state index contributed by atoms with van der Waals surface area (Å²) in [5.74, 6) is 2.27. The molecule has 0 saturated heterocycles. The summed E-state index contributed by atoms with van der Waals surface area (Å²) in [6.07, 6.45) is 0.379. The summed E-state index contributed by atoms with van der Waals surface area (Å²) in [6, 6.07) is 16.4. The fourth-order valence-corrected chi connectivity index (χ4v) is 3.14. The number of aryl methyl sites for hydroxylation is 3. The van der Waals surface area contributed by atoms with Crippen LogP contribution >= 0.6 is 0 Å². The summed E-state index contributed by atoms with van der Waals surface area (Å²) in [6.45, 7) is 2.32. The van der Waals surface area contributed by atoms with E-state index in [1.54, 1.807) is 32.4 Å². The number of ether oxygens (including phenoxy) is 2. The van der Waals surface area contributed by atoms with Gasteiger partial charge in [0.15, 0.2) is 0 Å². The highest BCUT2D eigenvalue weighted by atomic mass is 16.5. The minimum absolute atomic E-state index is 0.219. The molecule has 2 aromatic carbocycles. The van der Waals surface area contributed by atoms with Crippen LogP contribution in [0.1, 0.15) is 11.5 Å². The van der Waals surface area contributed by atoms with Crippen molar-refractivity contribution in [3.8, 4) is 34.1 Å². The second-order valence-corrected chi connectivity index (χ2v) is 6.97. The van der Waals surface area contributed by atoms with Gasteiger partial charge in [0, 0.05) is 23.6 Å². The van der Waals surface area contributed by atoms with Crippen molar-refractivity contribution in [1.29, 1.82) is 0 Å². The first-order valence-corrected chi connectivity index (χ1v) is 9.77. The molecule has 31 heavy (non-hydrogen) atoms. The Bertz CT molecular complexity index is 1250. The SMILES string of the molecule is COc1ccc(OC)c(-c2ccc(=O)n(CCc3nc(-c4ccc(C)cc4)no3)n2)c1. The van der Waals surface area contributed by atoms with E-state index >= 15 is 0 Å². The fraction of sp³-hybridized carbons (Fsp3) is 0.217. The molecule has 4 rings (SSSR count). The van der Waals surface area contributed by atoms with Gasteiger partial charge in [-0.1, -0.05) is 35.0 Å². The molecule has 0 aliphatic carbocycles. The Morgan fingerprint density at radius 1 is 1.00 bits per heavy atom. The van der Waals surface area contributed by atoms with Gasteiger partial charge >= 0.3 is 0 Å². The van der Waals surface area contributed by atoms with E-state index in [1.165, 1.54) is 10.7 Å². The monoisotopic (exact) mass is 418 g/mol. The molecule has 2 heterocycles. The maximum atomic E-state index is 12.3. The quantitative estimate of drug-likeness (QED) is 0.453. The Labute approximate surface area is 179 Å². The smallest absolute Gasteiger partial charge is 0.266 e. The molecule has 4 aromatic rings. The molecule has 0 atom stereocenters. The Hall–Kier alpha value is -3.94. The number of benzene rings is 2. The second-order valence-electron chi connectivity index (χ2n) is 6.97. The molecule has 0 aliphatic rings. The van der Waals surface area contributed by atoms with Gasteiger partial charge in [0.25, 0.3) is 5.56 Å². The maximum Gasteiger partial charge on any atom is 0.266 e. The third kappa shape index (κ3) is 4.48. The summed E-state index contributed by atoms with van der Waals surface area (Å²) >= 11 is 0. The minimum atomic E-state index is -0.219. The van der Waals surface area contributed by atoms with Crippen LogP contribution in [0.15, 0.2) is 63.9 Å². The van der Waals surface area contributed by atoms with E-state index in [-0.39, 0.29) is 5.56 Å². The first-order valence-electron chi connectivity index (χ1n) is 9.77. The zero-order valence-electron chi connectivity index (χ0n) is 17.5. The first-order chi connectivity index (χ1) is 15.1. The minimum Gasteiger partial charge on any atom is -0.497 e. The number of hydrogen-bond donors (Lipinski definition) is 0. The molecule has 0 amide bonds. The first kappa shape index (κ1) is 20.3. The van der Waals surface area contributed by atoms with Crippen molar-refractivity contribution in [2.45, 2.75) is 19.9 Å². The van der Waals surface area contributed by atoms with E-state index in [2.05, 4.69) is 15.2 Å². The number of nitrogens with zero attached hydrogens (tertiary/aromatic N) is 4. The van der Waals surface area contributed by atoms with E-state index in [1.807, 2.05) is 37.3 Å². The van der Waals surface area contributed by atoms with Crippen molar-refractivity contribution >= 4 is 0 Å². The molecule has 0 bridgehead atoms. The molecular formula is C23H22N4O4. The van der Waals surface area contributed by atoms with Gasteiger partial charge < -0.3 is 14.0 Å². The largest absolute Gasteiger partial charge is 0.497 e. The van der Waals surface area contributed by atoms with Gasteiger partial charge in [-0.05, 0) is 31.2 Å². The molecule has 0 saturated carbocycles. The zero-order chi connectivity index (χ0) is 21.8. The number of hydrogen-bond acceptors (Lipinski definition) is 7. The Morgan fingerprint density at radius 2 is 1.81 bits per heavy atom. The second kappa shape index (κ2) is 8.83. The summed E-state index contributed by atoms with van der Waals surface area (Å²) in [7, 11) is 3.18. The van der Waals surface area contributed by atoms with Gasteiger partial charge in [0.05, 0.1) is 26.5 Å². The van der Waals surface area contributed by atoms with Crippen molar-refractivity contribution in [1.82, 2.24) is 19.9 Å². The lowest BCUT2D eigenvalue weighted by Gasteiger charge is -2.11.